The molecule has 2 heterocycles. The van der Waals surface area contributed by atoms with Crippen molar-refractivity contribution in [1.29, 1.82) is 0 Å². The van der Waals surface area contributed by atoms with E-state index in [1.54, 1.807) is 18.2 Å². The summed E-state index contributed by atoms with van der Waals surface area (Å²) in [6, 6.07) is 5.02. The molecule has 1 fully saturated rings. The maximum atomic E-state index is 9.64. The lowest BCUT2D eigenvalue weighted by Gasteiger charge is -2.30. The predicted molar refractivity (Wildman–Crippen MR) is 77.4 cm³/mol. The Hall–Kier alpha value is -2.08. The Morgan fingerprint density at radius 3 is 2.81 bits per heavy atom. The number of piperidine rings is 1. The second-order valence-electron chi connectivity index (χ2n) is 5.62. The third-order valence-electron chi connectivity index (χ3n) is 4.09. The van der Waals surface area contributed by atoms with Crippen LogP contribution in [-0.4, -0.2) is 35.4 Å². The Bertz CT molecular complexity index is 633. The van der Waals surface area contributed by atoms with Gasteiger partial charge in [-0.1, -0.05) is 12.1 Å². The zero-order chi connectivity index (χ0) is 14.9. The van der Waals surface area contributed by atoms with E-state index >= 15 is 0 Å². The number of benzene rings is 1. The highest BCUT2D eigenvalue weighted by molar-refractivity contribution is 5.60. The van der Waals surface area contributed by atoms with Crippen molar-refractivity contribution in [3.05, 3.63) is 24.1 Å². The van der Waals surface area contributed by atoms with Gasteiger partial charge < -0.3 is 19.7 Å². The molecule has 0 atom stereocenters. The molecule has 0 aliphatic carbocycles. The summed E-state index contributed by atoms with van der Waals surface area (Å²) in [5.74, 6) is 1.68. The minimum atomic E-state index is -0.0719. The Labute approximate surface area is 123 Å². The van der Waals surface area contributed by atoms with Crippen molar-refractivity contribution in [2.75, 3.05) is 20.2 Å². The minimum Gasteiger partial charge on any atom is -0.504 e. The lowest BCUT2D eigenvalue weighted by molar-refractivity contribution is 0.241. The fourth-order valence-electron chi connectivity index (χ4n) is 2.60. The van der Waals surface area contributed by atoms with Crippen molar-refractivity contribution < 1.29 is 14.4 Å². The van der Waals surface area contributed by atoms with E-state index in [1.165, 1.54) is 7.11 Å². The zero-order valence-electron chi connectivity index (χ0n) is 12.2. The summed E-state index contributed by atoms with van der Waals surface area (Å²) in [6.07, 6.45) is 1.96. The van der Waals surface area contributed by atoms with Gasteiger partial charge in [0, 0.05) is 11.0 Å². The van der Waals surface area contributed by atoms with E-state index in [4.69, 9.17) is 9.26 Å². The monoisotopic (exact) mass is 289 g/mol. The summed E-state index contributed by atoms with van der Waals surface area (Å²) in [6.45, 7) is 4.07. The maximum Gasteiger partial charge on any atom is 0.232 e. The quantitative estimate of drug-likeness (QED) is 0.900. The van der Waals surface area contributed by atoms with Crippen LogP contribution in [-0.2, 0) is 5.41 Å². The van der Waals surface area contributed by atoms with Crippen LogP contribution in [0.25, 0.3) is 11.4 Å². The third-order valence-corrected chi connectivity index (χ3v) is 4.09. The number of hydrogen-bond acceptors (Lipinski definition) is 6. The lowest BCUT2D eigenvalue weighted by Crippen LogP contribution is -2.37. The average Bonchev–Trinajstić information content (AvgIpc) is 2.99. The molecule has 3 rings (SSSR count). The molecule has 1 aromatic carbocycles. The number of aromatic nitrogens is 2. The second kappa shape index (κ2) is 5.37. The molecule has 0 radical (unpaired) electrons. The number of phenols is 1. The van der Waals surface area contributed by atoms with Crippen LogP contribution in [0.4, 0.5) is 0 Å². The van der Waals surface area contributed by atoms with Gasteiger partial charge in [0.15, 0.2) is 11.5 Å². The molecule has 6 nitrogen and oxygen atoms in total. The van der Waals surface area contributed by atoms with Gasteiger partial charge in [0.05, 0.1) is 7.11 Å². The largest absolute Gasteiger partial charge is 0.504 e. The van der Waals surface area contributed by atoms with Crippen molar-refractivity contribution >= 4 is 0 Å². The van der Waals surface area contributed by atoms with Crippen molar-refractivity contribution in [1.82, 2.24) is 15.5 Å². The predicted octanol–water partition coefficient (Wildman–Crippen LogP) is 2.09. The van der Waals surface area contributed by atoms with Crippen molar-refractivity contribution in [3.63, 3.8) is 0 Å². The number of aromatic hydroxyl groups is 1. The molecule has 0 spiro atoms. The first-order valence-corrected chi connectivity index (χ1v) is 7.05. The zero-order valence-corrected chi connectivity index (χ0v) is 12.2. The summed E-state index contributed by atoms with van der Waals surface area (Å²) in [5.41, 5.74) is 0.689. The van der Waals surface area contributed by atoms with Crippen LogP contribution < -0.4 is 10.1 Å². The van der Waals surface area contributed by atoms with Gasteiger partial charge in [-0.2, -0.15) is 4.98 Å². The fourth-order valence-corrected chi connectivity index (χ4v) is 2.60. The van der Waals surface area contributed by atoms with Gasteiger partial charge in [-0.15, -0.1) is 0 Å². The number of methoxy groups -OCH3 is 1. The SMILES string of the molecule is COc1cc(-c2noc(C3(C)CCNCC3)n2)ccc1O. The molecule has 0 unspecified atom stereocenters. The van der Waals surface area contributed by atoms with Gasteiger partial charge in [0.2, 0.25) is 11.7 Å². The highest BCUT2D eigenvalue weighted by atomic mass is 16.5. The van der Waals surface area contributed by atoms with E-state index in [0.717, 1.165) is 31.5 Å². The first-order valence-electron chi connectivity index (χ1n) is 7.05. The van der Waals surface area contributed by atoms with Crippen molar-refractivity contribution in [2.45, 2.75) is 25.2 Å². The highest BCUT2D eigenvalue weighted by Gasteiger charge is 2.34. The van der Waals surface area contributed by atoms with Gasteiger partial charge in [0.1, 0.15) is 0 Å². The number of phenolic OH excluding ortho intramolecular Hbond substituents is 1. The molecular weight excluding hydrogens is 270 g/mol. The third kappa shape index (κ3) is 2.58. The van der Waals surface area contributed by atoms with E-state index in [2.05, 4.69) is 22.4 Å². The molecule has 0 saturated carbocycles. The van der Waals surface area contributed by atoms with E-state index in [1.807, 2.05) is 0 Å². The van der Waals surface area contributed by atoms with Crippen LogP contribution in [0.5, 0.6) is 11.5 Å². The molecule has 1 aliphatic rings. The van der Waals surface area contributed by atoms with E-state index in [9.17, 15) is 5.11 Å². The molecule has 112 valence electrons. The van der Waals surface area contributed by atoms with Crippen LogP contribution in [0.2, 0.25) is 0 Å². The first kappa shape index (κ1) is 13.9. The summed E-state index contributed by atoms with van der Waals surface area (Å²) in [4.78, 5) is 4.54. The number of ether oxygens (including phenoxy) is 1. The van der Waals surface area contributed by atoms with Crippen molar-refractivity contribution in [2.24, 2.45) is 0 Å². The molecule has 6 heteroatoms. The van der Waals surface area contributed by atoms with E-state index in [-0.39, 0.29) is 11.2 Å². The standard InChI is InChI=1S/C15H19N3O3/c1-15(5-7-16-8-6-15)14-17-13(18-21-14)10-3-4-11(19)12(9-10)20-2/h3-4,9,16,19H,5-8H2,1-2H3. The van der Waals surface area contributed by atoms with Crippen LogP contribution in [0.1, 0.15) is 25.7 Å². The van der Waals surface area contributed by atoms with Crippen LogP contribution >= 0.6 is 0 Å². The van der Waals surface area contributed by atoms with E-state index < -0.39 is 0 Å². The van der Waals surface area contributed by atoms with Crippen LogP contribution in [0, 0.1) is 0 Å². The fraction of sp³-hybridized carbons (Fsp3) is 0.467. The first-order chi connectivity index (χ1) is 10.1. The molecule has 2 N–H and O–H groups in total. The molecule has 1 saturated heterocycles. The Balaban J connectivity index is 1.91. The van der Waals surface area contributed by atoms with E-state index in [0.29, 0.717) is 17.5 Å². The van der Waals surface area contributed by atoms with Gasteiger partial charge in [-0.3, -0.25) is 0 Å². The number of nitrogens with zero attached hydrogens (tertiary/aromatic N) is 2. The molecule has 0 bridgehead atoms. The minimum absolute atomic E-state index is 0.0719. The van der Waals surface area contributed by atoms with Gasteiger partial charge in [0.25, 0.3) is 0 Å². The maximum absolute atomic E-state index is 9.64. The molecular formula is C15H19N3O3. The molecule has 1 aromatic heterocycles. The van der Waals surface area contributed by atoms with Gasteiger partial charge >= 0.3 is 0 Å². The number of nitrogens with one attached hydrogen (secondary N) is 1. The molecule has 2 aromatic rings. The van der Waals surface area contributed by atoms with Crippen LogP contribution in [0.15, 0.2) is 22.7 Å². The summed E-state index contributed by atoms with van der Waals surface area (Å²) < 4.78 is 10.6. The normalized spacial score (nSPS) is 17.6. The van der Waals surface area contributed by atoms with Crippen LogP contribution in [0.3, 0.4) is 0 Å². The van der Waals surface area contributed by atoms with Gasteiger partial charge in [-0.25, -0.2) is 0 Å². The second-order valence-corrected chi connectivity index (χ2v) is 5.62. The Morgan fingerprint density at radius 1 is 1.33 bits per heavy atom. The highest BCUT2D eigenvalue weighted by Crippen LogP contribution is 2.34. The topological polar surface area (TPSA) is 80.4 Å². The average molecular weight is 289 g/mol. The number of hydrogen-bond donors (Lipinski definition) is 2. The number of rotatable bonds is 3. The molecule has 21 heavy (non-hydrogen) atoms. The van der Waals surface area contributed by atoms with Gasteiger partial charge in [-0.05, 0) is 44.1 Å². The smallest absolute Gasteiger partial charge is 0.232 e. The lowest BCUT2D eigenvalue weighted by atomic mass is 9.81. The Morgan fingerprint density at radius 2 is 2.10 bits per heavy atom. The summed E-state index contributed by atoms with van der Waals surface area (Å²) >= 11 is 0. The summed E-state index contributed by atoms with van der Waals surface area (Å²) in [7, 11) is 1.51. The van der Waals surface area contributed by atoms with Crippen molar-refractivity contribution in [3.8, 4) is 22.9 Å². The Kier molecular flexibility index (Phi) is 3.55. The summed E-state index contributed by atoms with van der Waals surface area (Å²) in [5, 5.41) is 17.0. The molecule has 0 amide bonds. The molecule has 1 aliphatic heterocycles.